The fourth-order valence-corrected chi connectivity index (χ4v) is 3.94. The summed E-state index contributed by atoms with van der Waals surface area (Å²) in [5.74, 6) is -7.27. The van der Waals surface area contributed by atoms with E-state index in [-0.39, 0.29) is 24.6 Å². The number of carbonyl (C=O) groups excluding carboxylic acids is 2. The molecule has 4 nitrogen and oxygen atoms in total. The van der Waals surface area contributed by atoms with Crippen LogP contribution in [-0.2, 0) is 14.3 Å². The van der Waals surface area contributed by atoms with Crippen molar-refractivity contribution >= 4 is 29.2 Å². The molecule has 0 radical (unpaired) electrons. The Balaban J connectivity index is 2.31. The lowest BCUT2D eigenvalue weighted by Gasteiger charge is -2.31. The zero-order chi connectivity index (χ0) is 24.9. The maximum Gasteiger partial charge on any atom is 0.392 e. The molecule has 33 heavy (non-hydrogen) atoms. The van der Waals surface area contributed by atoms with Gasteiger partial charge in [-0.25, -0.2) is 4.39 Å². The monoisotopic (exact) mass is 489 g/mol. The van der Waals surface area contributed by atoms with Gasteiger partial charge in [0.15, 0.2) is 0 Å². The summed E-state index contributed by atoms with van der Waals surface area (Å²) in [6, 6.07) is 3.93. The molecule has 0 spiro atoms. The fourth-order valence-electron chi connectivity index (χ4n) is 3.78. The van der Waals surface area contributed by atoms with Gasteiger partial charge in [-0.3, -0.25) is 9.59 Å². The Morgan fingerprint density at radius 2 is 1.91 bits per heavy atom. The van der Waals surface area contributed by atoms with Gasteiger partial charge in [0.05, 0.1) is 30.0 Å². The minimum absolute atomic E-state index is 0.157. The lowest BCUT2D eigenvalue weighted by molar-refractivity contribution is -0.188. The minimum Gasteiger partial charge on any atom is -0.466 e. The number of carbonyl (C=O) groups is 2. The normalized spacial score (nSPS) is 19.8. The molecule has 2 rings (SSSR count). The van der Waals surface area contributed by atoms with Crippen LogP contribution in [0.1, 0.15) is 45.6 Å². The molecular formula is C24H28ClF4NO3. The van der Waals surface area contributed by atoms with Gasteiger partial charge in [0.25, 0.3) is 0 Å². The van der Waals surface area contributed by atoms with Crippen molar-refractivity contribution in [2.24, 2.45) is 23.7 Å². The summed E-state index contributed by atoms with van der Waals surface area (Å²) in [7, 11) is 0. The summed E-state index contributed by atoms with van der Waals surface area (Å²) in [6.07, 6.45) is 0.0218. The number of hydrogen-bond acceptors (Lipinski definition) is 3. The molecule has 9 heteroatoms. The van der Waals surface area contributed by atoms with Crippen molar-refractivity contribution in [3.63, 3.8) is 0 Å². The Labute approximate surface area is 196 Å². The van der Waals surface area contributed by atoms with Crippen LogP contribution in [0.25, 0.3) is 0 Å². The van der Waals surface area contributed by atoms with Crippen LogP contribution in [0.4, 0.5) is 23.2 Å². The van der Waals surface area contributed by atoms with Crippen LogP contribution in [0.3, 0.4) is 0 Å². The largest absolute Gasteiger partial charge is 0.466 e. The molecule has 1 N–H and O–H groups in total. The van der Waals surface area contributed by atoms with Gasteiger partial charge in [0.2, 0.25) is 5.91 Å². The standard InChI is InChI=1S/C24H28ClF4NO3/c1-5-33-23(32)14(3)13(2)17-8-11-19(26)20(12-17)30-22(31)21(15(4)24(27,28)29)16-6-9-18(25)10-7-16/h6,8-16,21H,5,7H2,1-4H3,(H,30,31)/t13?,14?,15-,16?,21+/m1/s1. The summed E-state index contributed by atoms with van der Waals surface area (Å²) in [5, 5.41) is 2.73. The molecule has 0 heterocycles. The van der Waals surface area contributed by atoms with E-state index in [9.17, 15) is 27.2 Å². The van der Waals surface area contributed by atoms with Gasteiger partial charge in [0, 0.05) is 5.03 Å². The van der Waals surface area contributed by atoms with Crippen LogP contribution in [0.15, 0.2) is 41.5 Å². The second kappa shape index (κ2) is 11.2. The van der Waals surface area contributed by atoms with Gasteiger partial charge in [-0.1, -0.05) is 50.6 Å². The van der Waals surface area contributed by atoms with Crippen LogP contribution in [-0.4, -0.2) is 24.7 Å². The average molecular weight is 490 g/mol. The molecular weight excluding hydrogens is 462 g/mol. The van der Waals surface area contributed by atoms with Crippen molar-refractivity contribution < 1.29 is 31.9 Å². The summed E-state index contributed by atoms with van der Waals surface area (Å²) in [4.78, 5) is 25.1. The van der Waals surface area contributed by atoms with Gasteiger partial charge in [-0.2, -0.15) is 13.2 Å². The molecule has 1 aromatic rings. The van der Waals surface area contributed by atoms with Crippen molar-refractivity contribution in [2.75, 3.05) is 11.9 Å². The van der Waals surface area contributed by atoms with E-state index in [4.69, 9.17) is 16.3 Å². The van der Waals surface area contributed by atoms with Crippen LogP contribution >= 0.6 is 11.6 Å². The molecule has 3 unspecified atom stereocenters. The third kappa shape index (κ3) is 6.82. The van der Waals surface area contributed by atoms with E-state index >= 15 is 0 Å². The first-order valence-electron chi connectivity index (χ1n) is 10.7. The number of esters is 1. The van der Waals surface area contributed by atoms with E-state index in [1.807, 2.05) is 0 Å². The maximum absolute atomic E-state index is 14.5. The van der Waals surface area contributed by atoms with E-state index in [1.54, 1.807) is 26.8 Å². The van der Waals surface area contributed by atoms with Gasteiger partial charge >= 0.3 is 12.1 Å². The molecule has 1 aromatic carbocycles. The second-order valence-corrected chi connectivity index (χ2v) is 8.70. The molecule has 5 atom stereocenters. The number of allylic oxidation sites excluding steroid dienone is 4. The number of benzene rings is 1. The Kier molecular flexibility index (Phi) is 9.12. The number of amides is 1. The Morgan fingerprint density at radius 3 is 2.45 bits per heavy atom. The highest BCUT2D eigenvalue weighted by Crippen LogP contribution is 2.40. The molecule has 182 valence electrons. The summed E-state index contributed by atoms with van der Waals surface area (Å²) in [6.45, 7) is 6.25. The van der Waals surface area contributed by atoms with Gasteiger partial charge in [-0.15, -0.1) is 0 Å². The van der Waals surface area contributed by atoms with Crippen LogP contribution in [0.2, 0.25) is 0 Å². The highest BCUT2D eigenvalue weighted by atomic mass is 35.5. The molecule has 1 amide bonds. The zero-order valence-corrected chi connectivity index (χ0v) is 19.6. The lowest BCUT2D eigenvalue weighted by atomic mass is 9.78. The number of ether oxygens (including phenoxy) is 1. The van der Waals surface area contributed by atoms with Crippen molar-refractivity contribution in [2.45, 2.75) is 46.2 Å². The summed E-state index contributed by atoms with van der Waals surface area (Å²) < 4.78 is 60.1. The van der Waals surface area contributed by atoms with Crippen molar-refractivity contribution in [3.05, 3.63) is 52.8 Å². The van der Waals surface area contributed by atoms with Crippen molar-refractivity contribution in [1.29, 1.82) is 0 Å². The minimum atomic E-state index is -4.62. The van der Waals surface area contributed by atoms with Crippen molar-refractivity contribution in [1.82, 2.24) is 0 Å². The first-order valence-corrected chi connectivity index (χ1v) is 11.1. The van der Waals surface area contributed by atoms with E-state index in [2.05, 4.69) is 5.32 Å². The molecule has 0 saturated heterocycles. The quantitative estimate of drug-likeness (QED) is 0.331. The number of halogens is 5. The number of hydrogen-bond donors (Lipinski definition) is 1. The van der Waals surface area contributed by atoms with E-state index in [1.165, 1.54) is 24.3 Å². The number of anilines is 1. The molecule has 0 aliphatic heterocycles. The highest BCUT2D eigenvalue weighted by Gasteiger charge is 2.47. The molecule has 1 aliphatic carbocycles. The van der Waals surface area contributed by atoms with Crippen LogP contribution < -0.4 is 5.32 Å². The maximum atomic E-state index is 14.5. The fraction of sp³-hybridized carbons (Fsp3) is 0.500. The number of rotatable bonds is 8. The first-order chi connectivity index (χ1) is 15.4. The lowest BCUT2D eigenvalue weighted by Crippen LogP contribution is -2.40. The molecule has 1 aliphatic rings. The summed E-state index contributed by atoms with van der Waals surface area (Å²) >= 11 is 5.87. The molecule has 0 aromatic heterocycles. The zero-order valence-electron chi connectivity index (χ0n) is 18.9. The smallest absolute Gasteiger partial charge is 0.392 e. The van der Waals surface area contributed by atoms with E-state index in [0.717, 1.165) is 13.0 Å². The Morgan fingerprint density at radius 1 is 1.24 bits per heavy atom. The number of alkyl halides is 3. The summed E-state index contributed by atoms with van der Waals surface area (Å²) in [5.41, 5.74) is 0.299. The van der Waals surface area contributed by atoms with Gasteiger partial charge < -0.3 is 10.1 Å². The van der Waals surface area contributed by atoms with E-state index < -0.39 is 47.5 Å². The average Bonchev–Trinajstić information content (AvgIpc) is 2.75. The predicted molar refractivity (Wildman–Crippen MR) is 119 cm³/mol. The topological polar surface area (TPSA) is 55.4 Å². The van der Waals surface area contributed by atoms with Crippen LogP contribution in [0, 0.1) is 29.5 Å². The second-order valence-electron chi connectivity index (χ2n) is 8.26. The van der Waals surface area contributed by atoms with Gasteiger partial charge in [-0.05, 0) is 49.0 Å². The predicted octanol–water partition coefficient (Wildman–Crippen LogP) is 6.58. The Hall–Kier alpha value is -2.35. The van der Waals surface area contributed by atoms with Gasteiger partial charge in [0.1, 0.15) is 5.82 Å². The van der Waals surface area contributed by atoms with E-state index in [0.29, 0.717) is 10.6 Å². The molecule has 0 fully saturated rings. The third-order valence-corrected chi connectivity index (χ3v) is 6.37. The van der Waals surface area contributed by atoms with Crippen LogP contribution in [0.5, 0.6) is 0 Å². The molecule has 0 bridgehead atoms. The highest BCUT2D eigenvalue weighted by molar-refractivity contribution is 6.31. The number of nitrogens with one attached hydrogen (secondary N) is 1. The van der Waals surface area contributed by atoms with Crippen molar-refractivity contribution in [3.8, 4) is 0 Å². The third-order valence-electron chi connectivity index (χ3n) is 6.09. The first kappa shape index (κ1) is 26.9. The molecule has 0 saturated carbocycles. The SMILES string of the molecule is CCOC(=O)C(C)C(C)c1ccc(F)c(NC(=O)[C@H](C2C=CC(Cl)=CC2)[C@@H](C)C(F)(F)F)c1. The Bertz CT molecular complexity index is 929.